The fourth-order valence-corrected chi connectivity index (χ4v) is 3.12. The molecule has 1 aromatic carbocycles. The first kappa shape index (κ1) is 15.1. The predicted molar refractivity (Wildman–Crippen MR) is 80.5 cm³/mol. The molecular weight excluding hydrogens is 283 g/mol. The van der Waals surface area contributed by atoms with Crippen LogP contribution in [-0.2, 0) is 6.54 Å². The van der Waals surface area contributed by atoms with Crippen LogP contribution in [0.4, 0.5) is 4.39 Å². The molecule has 3 rings (SSSR count). The summed E-state index contributed by atoms with van der Waals surface area (Å²) in [4.78, 5) is 6.22. The number of β-amino-alcohol motifs (C(OH)–C–C–N with tert-alkyl or cyclic N) is 1. The summed E-state index contributed by atoms with van der Waals surface area (Å²) in [5, 5.41) is 14.5. The van der Waals surface area contributed by atoms with Gasteiger partial charge in [0.2, 0.25) is 0 Å². The van der Waals surface area contributed by atoms with E-state index in [1.54, 1.807) is 24.8 Å². The molecule has 2 aromatic rings. The van der Waals surface area contributed by atoms with Crippen LogP contribution in [0.2, 0.25) is 0 Å². The van der Waals surface area contributed by atoms with Crippen molar-refractivity contribution in [2.24, 2.45) is 5.92 Å². The third-order valence-electron chi connectivity index (χ3n) is 4.18. The van der Waals surface area contributed by atoms with Crippen molar-refractivity contribution in [1.29, 1.82) is 0 Å². The highest BCUT2D eigenvalue weighted by molar-refractivity contribution is 5.19. The summed E-state index contributed by atoms with van der Waals surface area (Å²) in [7, 11) is 0. The molecule has 1 fully saturated rings. The van der Waals surface area contributed by atoms with Gasteiger partial charge in [0, 0.05) is 19.6 Å². The molecule has 6 heteroatoms. The minimum atomic E-state index is -0.652. The summed E-state index contributed by atoms with van der Waals surface area (Å²) >= 11 is 0. The van der Waals surface area contributed by atoms with Crippen molar-refractivity contribution in [2.45, 2.75) is 25.5 Å². The molecule has 1 aromatic heterocycles. The first-order chi connectivity index (χ1) is 10.7. The lowest BCUT2D eigenvalue weighted by molar-refractivity contribution is 0.0798. The van der Waals surface area contributed by atoms with Crippen LogP contribution in [0.15, 0.2) is 36.9 Å². The van der Waals surface area contributed by atoms with Gasteiger partial charge in [-0.2, -0.15) is 5.10 Å². The Kier molecular flexibility index (Phi) is 4.80. The van der Waals surface area contributed by atoms with Gasteiger partial charge in [-0.25, -0.2) is 9.37 Å². The Hall–Kier alpha value is -1.79. The second-order valence-corrected chi connectivity index (χ2v) is 5.96. The van der Waals surface area contributed by atoms with Crippen molar-refractivity contribution in [1.82, 2.24) is 19.7 Å². The number of aromatic nitrogens is 3. The number of benzene rings is 1. The van der Waals surface area contributed by atoms with Crippen molar-refractivity contribution in [3.63, 3.8) is 0 Å². The number of piperidine rings is 1. The summed E-state index contributed by atoms with van der Waals surface area (Å²) in [6, 6.07) is 6.20. The van der Waals surface area contributed by atoms with Crippen LogP contribution in [0.25, 0.3) is 0 Å². The largest absolute Gasteiger partial charge is 0.387 e. The van der Waals surface area contributed by atoms with E-state index >= 15 is 0 Å². The minimum absolute atomic E-state index is 0.306. The smallest absolute Gasteiger partial charge is 0.137 e. The van der Waals surface area contributed by atoms with Gasteiger partial charge in [-0.15, -0.1) is 0 Å². The van der Waals surface area contributed by atoms with Gasteiger partial charge < -0.3 is 10.0 Å². The Labute approximate surface area is 129 Å². The third kappa shape index (κ3) is 3.90. The Morgan fingerprint density at radius 1 is 1.41 bits per heavy atom. The quantitative estimate of drug-likeness (QED) is 0.916. The van der Waals surface area contributed by atoms with Crippen molar-refractivity contribution in [3.05, 3.63) is 48.3 Å². The topological polar surface area (TPSA) is 54.2 Å². The lowest BCUT2D eigenvalue weighted by Crippen LogP contribution is -2.39. The highest BCUT2D eigenvalue weighted by Crippen LogP contribution is 2.21. The molecule has 2 heterocycles. The maximum Gasteiger partial charge on any atom is 0.137 e. The van der Waals surface area contributed by atoms with E-state index in [-0.39, 0.29) is 5.82 Å². The van der Waals surface area contributed by atoms with Crippen molar-refractivity contribution < 1.29 is 9.50 Å². The number of aliphatic hydroxyl groups is 1. The SMILES string of the molecule is O[C@@H](CN1CCC[C@@H](Cn2cncn2)C1)c1cccc(F)c1. The molecule has 1 saturated heterocycles. The van der Waals surface area contributed by atoms with Crippen LogP contribution in [0.5, 0.6) is 0 Å². The zero-order valence-electron chi connectivity index (χ0n) is 12.5. The average Bonchev–Trinajstić information content (AvgIpc) is 3.00. The van der Waals surface area contributed by atoms with Gasteiger partial charge in [0.15, 0.2) is 0 Å². The molecule has 0 unspecified atom stereocenters. The van der Waals surface area contributed by atoms with Crippen LogP contribution in [-0.4, -0.2) is 44.4 Å². The van der Waals surface area contributed by atoms with Gasteiger partial charge in [0.25, 0.3) is 0 Å². The van der Waals surface area contributed by atoms with Crippen LogP contribution in [0.1, 0.15) is 24.5 Å². The maximum atomic E-state index is 13.2. The van der Waals surface area contributed by atoms with Crippen LogP contribution >= 0.6 is 0 Å². The molecule has 0 radical (unpaired) electrons. The summed E-state index contributed by atoms with van der Waals surface area (Å²) in [6.45, 7) is 3.29. The minimum Gasteiger partial charge on any atom is -0.387 e. The molecule has 5 nitrogen and oxygen atoms in total. The molecule has 1 aliphatic heterocycles. The molecule has 0 aliphatic carbocycles. The molecule has 0 bridgehead atoms. The van der Waals surface area contributed by atoms with E-state index in [0.29, 0.717) is 18.0 Å². The number of hydrogen-bond acceptors (Lipinski definition) is 4. The van der Waals surface area contributed by atoms with Crippen LogP contribution in [0, 0.1) is 11.7 Å². The van der Waals surface area contributed by atoms with E-state index in [1.807, 2.05) is 4.68 Å². The summed E-state index contributed by atoms with van der Waals surface area (Å²) in [6.07, 6.45) is 4.90. The standard InChI is InChI=1S/C16H21FN4O/c17-15-5-1-4-14(7-15)16(22)10-20-6-2-3-13(8-20)9-21-12-18-11-19-21/h1,4-5,7,11-13,16,22H,2-3,6,8-10H2/t13-,16+/m1/s1. The monoisotopic (exact) mass is 304 g/mol. The van der Waals surface area contributed by atoms with E-state index in [1.165, 1.54) is 12.1 Å². The maximum absolute atomic E-state index is 13.2. The molecule has 22 heavy (non-hydrogen) atoms. The predicted octanol–water partition coefficient (Wildman–Crippen LogP) is 1.86. The normalized spacial score (nSPS) is 20.9. The van der Waals surface area contributed by atoms with Crippen LogP contribution < -0.4 is 0 Å². The number of aliphatic hydroxyl groups excluding tert-OH is 1. The Morgan fingerprint density at radius 3 is 3.09 bits per heavy atom. The molecular formula is C16H21FN4O. The van der Waals surface area contributed by atoms with Crippen molar-refractivity contribution in [3.8, 4) is 0 Å². The average molecular weight is 304 g/mol. The van der Waals surface area contributed by atoms with Crippen molar-refractivity contribution >= 4 is 0 Å². The van der Waals surface area contributed by atoms with E-state index in [2.05, 4.69) is 15.0 Å². The molecule has 0 spiro atoms. The molecule has 1 N–H and O–H groups in total. The highest BCUT2D eigenvalue weighted by Gasteiger charge is 2.23. The summed E-state index contributed by atoms with van der Waals surface area (Å²) in [5.74, 6) is 0.203. The summed E-state index contributed by atoms with van der Waals surface area (Å²) < 4.78 is 15.1. The highest BCUT2D eigenvalue weighted by atomic mass is 19.1. The van der Waals surface area contributed by atoms with Gasteiger partial charge >= 0.3 is 0 Å². The Bertz CT molecular complexity index is 590. The van der Waals surface area contributed by atoms with E-state index < -0.39 is 6.10 Å². The van der Waals surface area contributed by atoms with Crippen molar-refractivity contribution in [2.75, 3.05) is 19.6 Å². The molecule has 0 saturated carbocycles. The van der Waals surface area contributed by atoms with Gasteiger partial charge in [0.1, 0.15) is 18.5 Å². The van der Waals surface area contributed by atoms with Gasteiger partial charge in [-0.3, -0.25) is 4.68 Å². The number of halogens is 1. The lowest BCUT2D eigenvalue weighted by atomic mass is 9.97. The van der Waals surface area contributed by atoms with Crippen LogP contribution in [0.3, 0.4) is 0 Å². The zero-order chi connectivity index (χ0) is 15.4. The van der Waals surface area contributed by atoms with E-state index in [0.717, 1.165) is 32.5 Å². The van der Waals surface area contributed by atoms with E-state index in [4.69, 9.17) is 0 Å². The number of nitrogens with zero attached hydrogens (tertiary/aromatic N) is 4. The number of likely N-dealkylation sites (tertiary alicyclic amines) is 1. The second kappa shape index (κ2) is 6.98. The Morgan fingerprint density at radius 2 is 2.32 bits per heavy atom. The third-order valence-corrected chi connectivity index (χ3v) is 4.18. The lowest BCUT2D eigenvalue weighted by Gasteiger charge is -2.33. The second-order valence-electron chi connectivity index (χ2n) is 5.96. The number of rotatable bonds is 5. The van der Waals surface area contributed by atoms with Gasteiger partial charge in [0.05, 0.1) is 6.10 Å². The molecule has 118 valence electrons. The Balaban J connectivity index is 1.55. The first-order valence-electron chi connectivity index (χ1n) is 7.69. The first-order valence-corrected chi connectivity index (χ1v) is 7.69. The fraction of sp³-hybridized carbons (Fsp3) is 0.500. The summed E-state index contributed by atoms with van der Waals surface area (Å²) in [5.41, 5.74) is 0.637. The fourth-order valence-electron chi connectivity index (χ4n) is 3.12. The van der Waals surface area contributed by atoms with Gasteiger partial charge in [-0.1, -0.05) is 12.1 Å². The van der Waals surface area contributed by atoms with E-state index in [9.17, 15) is 9.50 Å². The molecule has 0 amide bonds. The number of hydrogen-bond donors (Lipinski definition) is 1. The molecule has 2 atom stereocenters. The van der Waals surface area contributed by atoms with Gasteiger partial charge in [-0.05, 0) is 43.0 Å². The zero-order valence-corrected chi connectivity index (χ0v) is 12.5. The molecule has 1 aliphatic rings.